The number of nitrogens with one attached hydrogen (secondary N) is 2. The lowest BCUT2D eigenvalue weighted by molar-refractivity contribution is -0.116. The summed E-state index contributed by atoms with van der Waals surface area (Å²) >= 11 is 0. The molecule has 1 aliphatic heterocycles. The molecule has 1 aromatic rings. The number of hydrogen-bond acceptors (Lipinski definition) is 4. The minimum atomic E-state index is -0.0714. The van der Waals surface area contributed by atoms with Gasteiger partial charge in [0.05, 0.1) is 12.7 Å². The van der Waals surface area contributed by atoms with Crippen molar-refractivity contribution in [3.05, 3.63) is 23.8 Å². The predicted molar refractivity (Wildman–Crippen MR) is 76.5 cm³/mol. The van der Waals surface area contributed by atoms with Crippen LogP contribution in [0.1, 0.15) is 24.8 Å². The Balaban J connectivity index is 1.98. The summed E-state index contributed by atoms with van der Waals surface area (Å²) < 4.78 is 5.19. The van der Waals surface area contributed by atoms with E-state index in [1.54, 1.807) is 18.2 Å². The average molecular weight is 273 g/mol. The van der Waals surface area contributed by atoms with Crippen molar-refractivity contribution in [2.24, 2.45) is 5.92 Å². The third-order valence-corrected chi connectivity index (χ3v) is 3.57. The summed E-state index contributed by atoms with van der Waals surface area (Å²) in [6.45, 7) is 2.03. The molecule has 0 bridgehead atoms. The molecule has 1 unspecified atom stereocenters. The van der Waals surface area contributed by atoms with E-state index in [9.17, 15) is 4.79 Å². The Labute approximate surface area is 118 Å². The van der Waals surface area contributed by atoms with Crippen molar-refractivity contribution in [3.63, 3.8) is 0 Å². The summed E-state index contributed by atoms with van der Waals surface area (Å²) in [4.78, 5) is 12.0. The van der Waals surface area contributed by atoms with E-state index in [0.717, 1.165) is 25.9 Å². The number of anilines is 1. The Morgan fingerprint density at radius 1 is 1.60 bits per heavy atom. The smallest absolute Gasteiger partial charge is 0.224 e. The largest absolute Gasteiger partial charge is 0.495 e. The highest BCUT2D eigenvalue weighted by atomic mass is 16.5. The van der Waals surface area contributed by atoms with Crippen molar-refractivity contribution in [2.45, 2.75) is 19.3 Å². The second-order valence-corrected chi connectivity index (χ2v) is 4.94. The zero-order valence-corrected chi connectivity index (χ0v) is 11.6. The van der Waals surface area contributed by atoms with Crippen LogP contribution in [0.4, 0.5) is 5.69 Å². The first kappa shape index (κ1) is 14.4. The van der Waals surface area contributed by atoms with Gasteiger partial charge in [-0.1, -0.05) is 6.07 Å². The van der Waals surface area contributed by atoms with Crippen LogP contribution in [-0.4, -0.2) is 26.1 Å². The quantitative estimate of drug-likeness (QED) is 0.859. The summed E-state index contributed by atoms with van der Waals surface area (Å²) in [5.74, 6) is 1.02. The van der Waals surface area contributed by atoms with Crippen molar-refractivity contribution in [3.8, 4) is 11.8 Å². The fourth-order valence-electron chi connectivity index (χ4n) is 2.42. The van der Waals surface area contributed by atoms with Crippen LogP contribution in [0.25, 0.3) is 0 Å². The van der Waals surface area contributed by atoms with Gasteiger partial charge in [-0.05, 0) is 44.0 Å². The van der Waals surface area contributed by atoms with E-state index in [0.29, 0.717) is 29.3 Å². The van der Waals surface area contributed by atoms with E-state index in [4.69, 9.17) is 10.00 Å². The number of nitriles is 1. The topological polar surface area (TPSA) is 74.1 Å². The predicted octanol–water partition coefficient (Wildman–Crippen LogP) is 1.90. The molecule has 0 aromatic heterocycles. The van der Waals surface area contributed by atoms with Crippen molar-refractivity contribution >= 4 is 11.6 Å². The number of benzene rings is 1. The highest BCUT2D eigenvalue weighted by molar-refractivity contribution is 5.93. The first-order chi connectivity index (χ1) is 9.74. The Morgan fingerprint density at radius 2 is 2.45 bits per heavy atom. The van der Waals surface area contributed by atoms with Gasteiger partial charge in [-0.3, -0.25) is 4.79 Å². The van der Waals surface area contributed by atoms with Crippen molar-refractivity contribution < 1.29 is 9.53 Å². The van der Waals surface area contributed by atoms with Crippen molar-refractivity contribution in [1.82, 2.24) is 5.32 Å². The van der Waals surface area contributed by atoms with Gasteiger partial charge >= 0.3 is 0 Å². The van der Waals surface area contributed by atoms with E-state index in [1.165, 1.54) is 7.11 Å². The summed E-state index contributed by atoms with van der Waals surface area (Å²) in [5, 5.41) is 15.2. The second kappa shape index (κ2) is 6.92. The Morgan fingerprint density at radius 3 is 3.10 bits per heavy atom. The number of para-hydroxylation sites is 1. The van der Waals surface area contributed by atoms with E-state index in [1.807, 2.05) is 0 Å². The Kier molecular flexibility index (Phi) is 4.97. The molecule has 1 fully saturated rings. The Hall–Kier alpha value is -2.06. The molecule has 0 saturated carbocycles. The van der Waals surface area contributed by atoms with Crippen LogP contribution < -0.4 is 15.4 Å². The van der Waals surface area contributed by atoms with Gasteiger partial charge < -0.3 is 15.4 Å². The zero-order chi connectivity index (χ0) is 14.4. The SMILES string of the molecule is COc1cccc(C#N)c1NC(=O)CCC1CCNC1. The molecule has 2 rings (SSSR count). The fraction of sp³-hybridized carbons (Fsp3) is 0.467. The van der Waals surface area contributed by atoms with Crippen LogP contribution in [0.2, 0.25) is 0 Å². The fourth-order valence-corrected chi connectivity index (χ4v) is 2.42. The highest BCUT2D eigenvalue weighted by Gasteiger charge is 2.17. The number of carbonyl (C=O) groups excluding carboxylic acids is 1. The minimum Gasteiger partial charge on any atom is -0.495 e. The van der Waals surface area contributed by atoms with Crippen LogP contribution in [0.15, 0.2) is 18.2 Å². The zero-order valence-electron chi connectivity index (χ0n) is 11.6. The number of methoxy groups -OCH3 is 1. The lowest BCUT2D eigenvalue weighted by Gasteiger charge is -2.12. The molecule has 1 amide bonds. The lowest BCUT2D eigenvalue weighted by Crippen LogP contribution is -2.16. The maximum absolute atomic E-state index is 12.0. The molecule has 1 saturated heterocycles. The van der Waals surface area contributed by atoms with Crippen molar-refractivity contribution in [2.75, 3.05) is 25.5 Å². The number of rotatable bonds is 5. The summed E-state index contributed by atoms with van der Waals surface area (Å²) in [5.41, 5.74) is 0.882. The average Bonchev–Trinajstić information content (AvgIpc) is 2.98. The van der Waals surface area contributed by atoms with Gasteiger partial charge in [0.2, 0.25) is 5.91 Å². The molecule has 1 aromatic carbocycles. The van der Waals surface area contributed by atoms with E-state index >= 15 is 0 Å². The first-order valence-corrected chi connectivity index (χ1v) is 6.82. The van der Waals surface area contributed by atoms with Crippen LogP contribution in [-0.2, 0) is 4.79 Å². The van der Waals surface area contributed by atoms with Gasteiger partial charge in [-0.2, -0.15) is 5.26 Å². The number of ether oxygens (including phenoxy) is 1. The van der Waals surface area contributed by atoms with Gasteiger partial charge in [0, 0.05) is 6.42 Å². The maximum atomic E-state index is 12.0. The number of nitrogens with zero attached hydrogens (tertiary/aromatic N) is 1. The minimum absolute atomic E-state index is 0.0714. The molecule has 0 radical (unpaired) electrons. The summed E-state index contributed by atoms with van der Waals surface area (Å²) in [7, 11) is 1.52. The number of hydrogen-bond donors (Lipinski definition) is 2. The third-order valence-electron chi connectivity index (χ3n) is 3.57. The molecule has 1 heterocycles. The van der Waals surface area contributed by atoms with Gasteiger partial charge in [0.1, 0.15) is 17.5 Å². The molecule has 20 heavy (non-hydrogen) atoms. The maximum Gasteiger partial charge on any atom is 0.224 e. The summed E-state index contributed by atoms with van der Waals surface area (Å²) in [6, 6.07) is 7.20. The summed E-state index contributed by atoms with van der Waals surface area (Å²) in [6.07, 6.45) is 2.47. The van der Waals surface area contributed by atoms with E-state index < -0.39 is 0 Å². The normalized spacial score (nSPS) is 17.5. The van der Waals surface area contributed by atoms with Gasteiger partial charge in [-0.15, -0.1) is 0 Å². The van der Waals surface area contributed by atoms with Crippen molar-refractivity contribution in [1.29, 1.82) is 5.26 Å². The standard InChI is InChI=1S/C15H19N3O2/c1-20-13-4-2-3-12(9-16)15(13)18-14(19)6-5-11-7-8-17-10-11/h2-4,11,17H,5-8,10H2,1H3,(H,18,19). The molecule has 0 spiro atoms. The van der Waals surface area contributed by atoms with E-state index in [2.05, 4.69) is 16.7 Å². The number of amides is 1. The Bertz CT molecular complexity index is 516. The molecular weight excluding hydrogens is 254 g/mol. The lowest BCUT2D eigenvalue weighted by atomic mass is 10.0. The molecule has 0 aliphatic carbocycles. The van der Waals surface area contributed by atoms with Gasteiger partial charge in [-0.25, -0.2) is 0 Å². The van der Waals surface area contributed by atoms with Crippen LogP contribution in [0, 0.1) is 17.2 Å². The molecule has 106 valence electrons. The third kappa shape index (κ3) is 3.49. The molecule has 1 aliphatic rings. The molecule has 5 nitrogen and oxygen atoms in total. The highest BCUT2D eigenvalue weighted by Crippen LogP contribution is 2.28. The van der Waals surface area contributed by atoms with Crippen LogP contribution in [0.5, 0.6) is 5.75 Å². The van der Waals surface area contributed by atoms with Crippen LogP contribution in [0.3, 0.4) is 0 Å². The molecule has 1 atom stereocenters. The van der Waals surface area contributed by atoms with Gasteiger partial charge in [0.25, 0.3) is 0 Å². The second-order valence-electron chi connectivity index (χ2n) is 4.94. The monoisotopic (exact) mass is 273 g/mol. The molecule has 5 heteroatoms. The number of carbonyl (C=O) groups is 1. The van der Waals surface area contributed by atoms with Gasteiger partial charge in [0.15, 0.2) is 0 Å². The van der Waals surface area contributed by atoms with Crippen LogP contribution >= 0.6 is 0 Å². The first-order valence-electron chi connectivity index (χ1n) is 6.82. The van der Waals surface area contributed by atoms with E-state index in [-0.39, 0.29) is 5.91 Å². The molecular formula is C15H19N3O2. The molecule has 2 N–H and O–H groups in total.